The fraction of sp³-hybridized carbons (Fsp3) is 0.250. The minimum absolute atomic E-state index is 0.189. The van der Waals surface area contributed by atoms with Crippen LogP contribution < -0.4 is 10.9 Å². The van der Waals surface area contributed by atoms with E-state index in [1.807, 2.05) is 31.2 Å². The number of carbonyl (C=O) groups is 2. The Morgan fingerprint density at radius 3 is 2.56 bits per heavy atom. The third kappa shape index (κ3) is 5.37. The highest BCUT2D eigenvalue weighted by Gasteiger charge is 2.24. The van der Waals surface area contributed by atoms with Gasteiger partial charge in [0.25, 0.3) is 5.91 Å². The summed E-state index contributed by atoms with van der Waals surface area (Å²) in [4.78, 5) is 38.6. The highest BCUT2D eigenvalue weighted by molar-refractivity contribution is 7.15. The second-order valence-electron chi connectivity index (χ2n) is 8.50. The number of hydrogen-bond donors (Lipinski definition) is 1. The van der Waals surface area contributed by atoms with E-state index < -0.39 is 17.5 Å². The van der Waals surface area contributed by atoms with Gasteiger partial charge in [-0.3, -0.25) is 4.79 Å². The zero-order valence-electron chi connectivity index (χ0n) is 20.2. The lowest BCUT2D eigenvalue weighted by molar-refractivity contribution is 0.0507. The van der Waals surface area contributed by atoms with Crippen molar-refractivity contribution in [3.8, 4) is 11.1 Å². The number of benzene rings is 2. The van der Waals surface area contributed by atoms with Crippen LogP contribution in [0, 0.1) is 0 Å². The van der Waals surface area contributed by atoms with Crippen LogP contribution in [0.5, 0.6) is 0 Å². The highest BCUT2D eigenvalue weighted by Crippen LogP contribution is 2.37. The number of esters is 1. The monoisotopic (exact) mass is 523 g/mol. The molecule has 6 nitrogen and oxygen atoms in total. The standard InChI is InChI=1S/C28H26ClNO5S/c1-4-12-34-28(33)24-22(18-8-6-17(7-9-18)16(3)5-2)15-36-26(24)30-25(31)21-14-19-13-20(29)10-11-23(19)35-27(21)32/h6-11,13-16H,4-5,12H2,1-3H3,(H,30,31)/t16-/m1/s1. The largest absolute Gasteiger partial charge is 0.462 e. The molecule has 8 heteroatoms. The van der Waals surface area contributed by atoms with Gasteiger partial charge in [0.2, 0.25) is 0 Å². The van der Waals surface area contributed by atoms with E-state index in [0.29, 0.717) is 38.9 Å². The molecule has 0 aliphatic carbocycles. The van der Waals surface area contributed by atoms with Gasteiger partial charge < -0.3 is 14.5 Å². The molecule has 0 radical (unpaired) electrons. The molecular weight excluding hydrogens is 498 g/mol. The van der Waals surface area contributed by atoms with E-state index in [2.05, 4.69) is 19.2 Å². The second-order valence-corrected chi connectivity index (χ2v) is 9.82. The Balaban J connectivity index is 1.71. The van der Waals surface area contributed by atoms with E-state index in [-0.39, 0.29) is 17.7 Å². The van der Waals surface area contributed by atoms with Crippen molar-refractivity contribution < 1.29 is 18.7 Å². The van der Waals surface area contributed by atoms with E-state index in [4.69, 9.17) is 20.8 Å². The first-order valence-electron chi connectivity index (χ1n) is 11.8. The molecule has 0 aliphatic heterocycles. The summed E-state index contributed by atoms with van der Waals surface area (Å²) >= 11 is 7.24. The molecule has 1 amide bonds. The molecule has 186 valence electrons. The van der Waals surface area contributed by atoms with Crippen molar-refractivity contribution in [1.29, 1.82) is 0 Å². The van der Waals surface area contributed by atoms with E-state index in [1.165, 1.54) is 23.0 Å². The predicted octanol–water partition coefficient (Wildman–Crippen LogP) is 7.51. The Morgan fingerprint density at radius 1 is 1.11 bits per heavy atom. The third-order valence-corrected chi connectivity index (χ3v) is 7.13. The topological polar surface area (TPSA) is 85.6 Å². The number of hydrogen-bond acceptors (Lipinski definition) is 6. The van der Waals surface area contributed by atoms with Gasteiger partial charge in [0.15, 0.2) is 0 Å². The van der Waals surface area contributed by atoms with Crippen LogP contribution in [-0.2, 0) is 4.74 Å². The number of anilines is 1. The molecule has 0 aliphatic rings. The molecule has 2 aromatic heterocycles. The first kappa shape index (κ1) is 25.7. The number of rotatable bonds is 8. The highest BCUT2D eigenvalue weighted by atomic mass is 35.5. The van der Waals surface area contributed by atoms with Crippen LogP contribution in [0.3, 0.4) is 0 Å². The molecule has 0 spiro atoms. The van der Waals surface area contributed by atoms with Gasteiger partial charge >= 0.3 is 11.6 Å². The maximum Gasteiger partial charge on any atom is 0.349 e. The number of nitrogens with one attached hydrogen (secondary N) is 1. The molecule has 0 saturated heterocycles. The summed E-state index contributed by atoms with van der Waals surface area (Å²) in [6.45, 7) is 6.46. The van der Waals surface area contributed by atoms with Gasteiger partial charge in [-0.25, -0.2) is 9.59 Å². The average molecular weight is 524 g/mol. The Kier molecular flexibility index (Phi) is 7.91. The van der Waals surface area contributed by atoms with Crippen molar-refractivity contribution in [2.24, 2.45) is 0 Å². The van der Waals surface area contributed by atoms with Gasteiger partial charge in [0, 0.05) is 21.4 Å². The Labute approximate surface area is 217 Å². The van der Waals surface area contributed by atoms with Crippen LogP contribution in [0.4, 0.5) is 5.00 Å². The molecule has 4 aromatic rings. The summed E-state index contributed by atoms with van der Waals surface area (Å²) < 4.78 is 10.7. The quantitative estimate of drug-likeness (QED) is 0.191. The minimum atomic E-state index is -0.783. The molecule has 0 saturated carbocycles. The normalized spacial score (nSPS) is 11.9. The number of carbonyl (C=O) groups excluding carboxylic acids is 2. The zero-order valence-corrected chi connectivity index (χ0v) is 21.8. The lowest BCUT2D eigenvalue weighted by Crippen LogP contribution is -2.21. The number of fused-ring (bicyclic) bond motifs is 1. The van der Waals surface area contributed by atoms with Crippen molar-refractivity contribution >= 4 is 50.8 Å². The second kappa shape index (κ2) is 11.1. The summed E-state index contributed by atoms with van der Waals surface area (Å²) in [5, 5.41) is 5.79. The fourth-order valence-electron chi connectivity index (χ4n) is 3.78. The van der Waals surface area contributed by atoms with Crippen LogP contribution in [-0.4, -0.2) is 18.5 Å². The van der Waals surface area contributed by atoms with Crippen molar-refractivity contribution in [2.45, 2.75) is 39.5 Å². The lowest BCUT2D eigenvalue weighted by Gasteiger charge is -2.11. The first-order chi connectivity index (χ1) is 17.3. The number of ether oxygens (including phenoxy) is 1. The molecule has 0 bridgehead atoms. The van der Waals surface area contributed by atoms with Crippen LogP contribution in [0.15, 0.2) is 63.1 Å². The lowest BCUT2D eigenvalue weighted by atomic mass is 9.95. The number of halogens is 1. The maximum atomic E-state index is 13.1. The van der Waals surface area contributed by atoms with E-state index in [1.54, 1.807) is 23.6 Å². The van der Waals surface area contributed by atoms with Crippen LogP contribution in [0.25, 0.3) is 22.1 Å². The van der Waals surface area contributed by atoms with Crippen molar-refractivity contribution in [3.05, 3.63) is 86.0 Å². The summed E-state index contributed by atoms with van der Waals surface area (Å²) in [6.07, 6.45) is 1.69. The molecule has 4 rings (SSSR count). The van der Waals surface area contributed by atoms with Crippen LogP contribution >= 0.6 is 22.9 Å². The molecular formula is C28H26ClNO5S. The predicted molar refractivity (Wildman–Crippen MR) is 144 cm³/mol. The molecule has 36 heavy (non-hydrogen) atoms. The SMILES string of the molecule is CCCOC(=O)c1c(-c2ccc([C@H](C)CC)cc2)csc1NC(=O)c1cc2cc(Cl)ccc2oc1=O. The fourth-order valence-corrected chi connectivity index (χ4v) is 4.91. The Bertz CT molecular complexity index is 1470. The van der Waals surface area contributed by atoms with Crippen LogP contribution in [0.1, 0.15) is 65.8 Å². The summed E-state index contributed by atoms with van der Waals surface area (Å²) in [6, 6.07) is 14.2. The smallest absolute Gasteiger partial charge is 0.349 e. The van der Waals surface area contributed by atoms with Crippen molar-refractivity contribution in [2.75, 3.05) is 11.9 Å². The average Bonchev–Trinajstić information content (AvgIpc) is 3.30. The summed E-state index contributed by atoms with van der Waals surface area (Å²) in [5.41, 5.74) is 2.31. The molecule has 1 atom stereocenters. The molecule has 0 unspecified atom stereocenters. The van der Waals surface area contributed by atoms with Crippen molar-refractivity contribution in [1.82, 2.24) is 0 Å². The van der Waals surface area contributed by atoms with Crippen LogP contribution in [0.2, 0.25) is 5.02 Å². The minimum Gasteiger partial charge on any atom is -0.462 e. The number of thiophene rings is 1. The van der Waals surface area contributed by atoms with Gasteiger partial charge in [-0.05, 0) is 54.2 Å². The van der Waals surface area contributed by atoms with E-state index >= 15 is 0 Å². The summed E-state index contributed by atoms with van der Waals surface area (Å²) in [7, 11) is 0. The Morgan fingerprint density at radius 2 is 1.86 bits per heavy atom. The third-order valence-electron chi connectivity index (χ3n) is 6.00. The first-order valence-corrected chi connectivity index (χ1v) is 13.0. The number of amides is 1. The van der Waals surface area contributed by atoms with Gasteiger partial charge in [-0.15, -0.1) is 11.3 Å². The zero-order chi connectivity index (χ0) is 25.8. The van der Waals surface area contributed by atoms with Gasteiger partial charge in [0.05, 0.1) is 6.61 Å². The van der Waals surface area contributed by atoms with E-state index in [0.717, 1.165) is 12.0 Å². The van der Waals surface area contributed by atoms with Crippen molar-refractivity contribution in [3.63, 3.8) is 0 Å². The summed E-state index contributed by atoms with van der Waals surface area (Å²) in [5.74, 6) is -0.795. The van der Waals surface area contributed by atoms with E-state index in [9.17, 15) is 14.4 Å². The molecule has 0 fully saturated rings. The van der Waals surface area contributed by atoms with Gasteiger partial charge in [0.1, 0.15) is 21.7 Å². The molecule has 2 aromatic carbocycles. The molecule has 1 N–H and O–H groups in total. The van der Waals surface area contributed by atoms with Gasteiger partial charge in [-0.2, -0.15) is 0 Å². The maximum absolute atomic E-state index is 13.1. The van der Waals surface area contributed by atoms with Gasteiger partial charge in [-0.1, -0.05) is 56.6 Å². The Hall–Kier alpha value is -3.42. The molecule has 2 heterocycles.